The standard InChI is InChI=1S/C32H36N4O4S2/c1-23-21-28-30(22-24(23)2)41-32(33-28)35(15-6-14-34-17-19-40-20-18-34)31(37)26-10-12-27(13-11-26)42(38,39)36-16-5-8-25-7-3-4-9-29(25)36/h3-4,7,9-13,21-22H,5-6,8,14-20H2,1-2H3. The van der Waals surface area contributed by atoms with Crippen LogP contribution in [-0.2, 0) is 21.2 Å². The topological polar surface area (TPSA) is 83.0 Å². The lowest BCUT2D eigenvalue weighted by Gasteiger charge is -2.30. The van der Waals surface area contributed by atoms with Gasteiger partial charge in [0.25, 0.3) is 15.9 Å². The quantitative estimate of drug-likeness (QED) is 0.267. The van der Waals surface area contributed by atoms with Crippen LogP contribution >= 0.6 is 11.3 Å². The first-order chi connectivity index (χ1) is 20.3. The van der Waals surface area contributed by atoms with E-state index in [0.717, 1.165) is 79.1 Å². The molecule has 10 heteroatoms. The fourth-order valence-electron chi connectivity index (χ4n) is 5.65. The van der Waals surface area contributed by atoms with Gasteiger partial charge in [0.15, 0.2) is 5.13 Å². The second-order valence-electron chi connectivity index (χ2n) is 11.0. The molecule has 1 fully saturated rings. The zero-order chi connectivity index (χ0) is 29.3. The fourth-order valence-corrected chi connectivity index (χ4v) is 8.26. The number of carbonyl (C=O) groups excluding carboxylic acids is 1. The van der Waals surface area contributed by atoms with Crippen molar-refractivity contribution in [2.45, 2.75) is 38.0 Å². The predicted molar refractivity (Wildman–Crippen MR) is 168 cm³/mol. The van der Waals surface area contributed by atoms with Gasteiger partial charge in [-0.15, -0.1) is 0 Å². The van der Waals surface area contributed by atoms with Crippen molar-refractivity contribution in [1.29, 1.82) is 0 Å². The second-order valence-corrected chi connectivity index (χ2v) is 13.9. The van der Waals surface area contributed by atoms with Crippen molar-refractivity contribution in [3.8, 4) is 0 Å². The molecule has 0 N–H and O–H groups in total. The van der Waals surface area contributed by atoms with Gasteiger partial charge in [0.2, 0.25) is 0 Å². The van der Waals surface area contributed by atoms with Crippen LogP contribution in [0.3, 0.4) is 0 Å². The number of sulfonamides is 1. The number of anilines is 2. The first-order valence-corrected chi connectivity index (χ1v) is 16.8. The first-order valence-electron chi connectivity index (χ1n) is 14.5. The van der Waals surface area contributed by atoms with Crippen LogP contribution in [0.15, 0.2) is 65.6 Å². The van der Waals surface area contributed by atoms with Crippen molar-refractivity contribution in [2.24, 2.45) is 0 Å². The average Bonchev–Trinajstić information content (AvgIpc) is 3.41. The number of benzene rings is 3. The van der Waals surface area contributed by atoms with Crippen LogP contribution in [0.5, 0.6) is 0 Å². The molecule has 0 bridgehead atoms. The summed E-state index contributed by atoms with van der Waals surface area (Å²) in [6.45, 7) is 9.22. The average molecular weight is 605 g/mol. The molecule has 0 unspecified atom stereocenters. The van der Waals surface area contributed by atoms with Crippen molar-refractivity contribution in [1.82, 2.24) is 9.88 Å². The Bertz CT molecular complexity index is 1660. The van der Waals surface area contributed by atoms with Crippen LogP contribution in [0.4, 0.5) is 10.8 Å². The molecule has 0 saturated carbocycles. The third-order valence-electron chi connectivity index (χ3n) is 8.19. The van der Waals surface area contributed by atoms with Crippen LogP contribution in [0.25, 0.3) is 10.2 Å². The van der Waals surface area contributed by atoms with E-state index < -0.39 is 10.0 Å². The van der Waals surface area contributed by atoms with E-state index >= 15 is 0 Å². The van der Waals surface area contributed by atoms with Crippen molar-refractivity contribution < 1.29 is 17.9 Å². The normalized spacial score (nSPS) is 16.0. The predicted octanol–water partition coefficient (Wildman–Crippen LogP) is 5.42. The van der Waals surface area contributed by atoms with Gasteiger partial charge < -0.3 is 4.74 Å². The van der Waals surface area contributed by atoms with Gasteiger partial charge in [0.1, 0.15) is 0 Å². The summed E-state index contributed by atoms with van der Waals surface area (Å²) in [5, 5.41) is 0.656. The largest absolute Gasteiger partial charge is 0.379 e. The van der Waals surface area contributed by atoms with E-state index in [1.165, 1.54) is 21.2 Å². The Morgan fingerprint density at radius 1 is 1.00 bits per heavy atom. The number of ether oxygens (including phenoxy) is 1. The highest BCUT2D eigenvalue weighted by Crippen LogP contribution is 2.34. The number of carbonyl (C=O) groups is 1. The number of aryl methyl sites for hydroxylation is 3. The molecule has 3 heterocycles. The number of nitrogens with zero attached hydrogens (tertiary/aromatic N) is 4. The lowest BCUT2D eigenvalue weighted by atomic mass is 10.0. The van der Waals surface area contributed by atoms with E-state index in [0.29, 0.717) is 23.8 Å². The summed E-state index contributed by atoms with van der Waals surface area (Å²) in [5.74, 6) is -0.184. The summed E-state index contributed by atoms with van der Waals surface area (Å²) in [7, 11) is -3.76. The molecule has 2 aliphatic heterocycles. The molecule has 0 spiro atoms. The molecular weight excluding hydrogens is 569 g/mol. The maximum absolute atomic E-state index is 14.0. The highest BCUT2D eigenvalue weighted by molar-refractivity contribution is 7.92. The zero-order valence-corrected chi connectivity index (χ0v) is 25.7. The summed E-state index contributed by atoms with van der Waals surface area (Å²) in [5.41, 5.74) is 5.44. The van der Waals surface area contributed by atoms with Crippen LogP contribution < -0.4 is 9.21 Å². The maximum atomic E-state index is 14.0. The number of amides is 1. The Labute approximate surface area is 251 Å². The number of para-hydroxylation sites is 1. The monoisotopic (exact) mass is 604 g/mol. The van der Waals surface area contributed by atoms with Crippen molar-refractivity contribution in [3.63, 3.8) is 0 Å². The van der Waals surface area contributed by atoms with Gasteiger partial charge >= 0.3 is 0 Å². The number of thiazole rings is 1. The molecule has 220 valence electrons. The third kappa shape index (κ3) is 5.81. The molecule has 1 saturated heterocycles. The summed E-state index contributed by atoms with van der Waals surface area (Å²) in [6, 6.07) is 18.2. The Morgan fingerprint density at radius 2 is 1.74 bits per heavy atom. The van der Waals surface area contributed by atoms with Gasteiger partial charge in [-0.05, 0) is 92.3 Å². The van der Waals surface area contributed by atoms with Crippen LogP contribution in [0.2, 0.25) is 0 Å². The Kier molecular flexibility index (Phi) is 8.31. The number of fused-ring (bicyclic) bond motifs is 2. The number of hydrogen-bond donors (Lipinski definition) is 0. The lowest BCUT2D eigenvalue weighted by molar-refractivity contribution is 0.0376. The third-order valence-corrected chi connectivity index (χ3v) is 11.1. The summed E-state index contributed by atoms with van der Waals surface area (Å²) >= 11 is 1.51. The Balaban J connectivity index is 1.26. The van der Waals surface area contributed by atoms with Crippen molar-refractivity contribution in [2.75, 3.05) is 55.1 Å². The second kappa shape index (κ2) is 12.1. The molecule has 1 amide bonds. The van der Waals surface area contributed by atoms with E-state index in [9.17, 15) is 13.2 Å². The zero-order valence-electron chi connectivity index (χ0n) is 24.1. The van der Waals surface area contributed by atoms with E-state index in [1.54, 1.807) is 29.2 Å². The van der Waals surface area contributed by atoms with Crippen molar-refractivity contribution in [3.05, 3.63) is 82.9 Å². The fraction of sp³-hybridized carbons (Fsp3) is 0.375. The van der Waals surface area contributed by atoms with E-state index in [-0.39, 0.29) is 10.8 Å². The highest BCUT2D eigenvalue weighted by Gasteiger charge is 2.29. The number of rotatable bonds is 8. The molecule has 1 aromatic heterocycles. The molecule has 6 rings (SSSR count). The Hall–Kier alpha value is -3.31. The van der Waals surface area contributed by atoms with Gasteiger partial charge in [-0.2, -0.15) is 0 Å². The minimum atomic E-state index is -3.76. The van der Waals surface area contributed by atoms with Crippen LogP contribution in [0, 0.1) is 13.8 Å². The SMILES string of the molecule is Cc1cc2nc(N(CCCN3CCOCC3)C(=O)c3ccc(S(=O)(=O)N4CCCc5ccccc54)cc3)sc2cc1C. The number of hydrogen-bond acceptors (Lipinski definition) is 7. The molecule has 4 aromatic rings. The first kappa shape index (κ1) is 28.8. The number of aromatic nitrogens is 1. The molecular formula is C32H36N4O4S2. The van der Waals surface area contributed by atoms with E-state index in [2.05, 4.69) is 30.9 Å². The smallest absolute Gasteiger partial charge is 0.264 e. The van der Waals surface area contributed by atoms with Crippen LogP contribution in [-0.4, -0.2) is 70.1 Å². The lowest BCUT2D eigenvalue weighted by Crippen LogP contribution is -2.39. The van der Waals surface area contributed by atoms with E-state index in [4.69, 9.17) is 9.72 Å². The summed E-state index contributed by atoms with van der Waals surface area (Å²) in [6.07, 6.45) is 2.43. The highest BCUT2D eigenvalue weighted by atomic mass is 32.2. The molecule has 3 aromatic carbocycles. The van der Waals surface area contributed by atoms with Crippen LogP contribution in [0.1, 0.15) is 39.9 Å². The van der Waals surface area contributed by atoms with Crippen molar-refractivity contribution >= 4 is 48.3 Å². The molecule has 0 radical (unpaired) electrons. The summed E-state index contributed by atoms with van der Waals surface area (Å²) in [4.78, 5) is 23.1. The minimum absolute atomic E-state index is 0.181. The minimum Gasteiger partial charge on any atom is -0.379 e. The van der Waals surface area contributed by atoms with Gasteiger partial charge in [-0.3, -0.25) is 18.9 Å². The van der Waals surface area contributed by atoms with E-state index in [1.807, 2.05) is 24.3 Å². The summed E-state index contributed by atoms with van der Waals surface area (Å²) < 4.78 is 35.3. The number of morpholine rings is 1. The van der Waals surface area contributed by atoms with Gasteiger partial charge in [-0.25, -0.2) is 13.4 Å². The molecule has 2 aliphatic rings. The molecule has 0 atom stereocenters. The van der Waals surface area contributed by atoms with Gasteiger partial charge in [0, 0.05) is 38.3 Å². The molecule has 8 nitrogen and oxygen atoms in total. The Morgan fingerprint density at radius 3 is 2.52 bits per heavy atom. The molecule has 42 heavy (non-hydrogen) atoms. The maximum Gasteiger partial charge on any atom is 0.264 e. The molecule has 0 aliphatic carbocycles. The van der Waals surface area contributed by atoms with Gasteiger partial charge in [-0.1, -0.05) is 29.5 Å². The van der Waals surface area contributed by atoms with Gasteiger partial charge in [0.05, 0.1) is 34.0 Å².